The number of halogens is 4. The van der Waals surface area contributed by atoms with Gasteiger partial charge in [-0.15, -0.1) is 21.8 Å². The van der Waals surface area contributed by atoms with Crippen LogP contribution in [0.1, 0.15) is 16.1 Å². The molecule has 0 aliphatic heterocycles. The Bertz CT molecular complexity index is 700. The average molecular weight is 348 g/mol. The molecule has 0 aliphatic rings. The standard InChI is InChI=1S/C13H9ClF3N3OS/c14-7-11-19-20-12(22-11)18-10(21)5-4-8-2-1-3-9(6-8)13(15,16)17/h1-6H,7H2,(H,18,20,21)/b5-4+. The van der Waals surface area contributed by atoms with Gasteiger partial charge >= 0.3 is 6.18 Å². The van der Waals surface area contributed by atoms with Crippen LogP contribution in [-0.4, -0.2) is 16.1 Å². The van der Waals surface area contributed by atoms with Crippen molar-refractivity contribution < 1.29 is 18.0 Å². The fourth-order valence-electron chi connectivity index (χ4n) is 1.50. The van der Waals surface area contributed by atoms with Crippen LogP contribution in [0, 0.1) is 0 Å². The molecule has 9 heteroatoms. The summed E-state index contributed by atoms with van der Waals surface area (Å²) in [5, 5.41) is 10.7. The van der Waals surface area contributed by atoms with Crippen LogP contribution in [0.3, 0.4) is 0 Å². The van der Waals surface area contributed by atoms with Crippen LogP contribution >= 0.6 is 22.9 Å². The summed E-state index contributed by atoms with van der Waals surface area (Å²) >= 11 is 6.68. The number of anilines is 1. The highest BCUT2D eigenvalue weighted by Crippen LogP contribution is 2.29. The summed E-state index contributed by atoms with van der Waals surface area (Å²) in [6.45, 7) is 0. The van der Waals surface area contributed by atoms with Crippen molar-refractivity contribution in [2.75, 3.05) is 5.32 Å². The second-order valence-corrected chi connectivity index (χ2v) is 5.41. The zero-order valence-electron chi connectivity index (χ0n) is 10.9. The number of nitrogens with zero attached hydrogens (tertiary/aromatic N) is 2. The van der Waals surface area contributed by atoms with Crippen molar-refractivity contribution in [2.24, 2.45) is 0 Å². The lowest BCUT2D eigenvalue weighted by atomic mass is 10.1. The predicted molar refractivity (Wildman–Crippen MR) is 78.6 cm³/mol. The van der Waals surface area contributed by atoms with Gasteiger partial charge in [-0.05, 0) is 23.8 Å². The highest BCUT2D eigenvalue weighted by atomic mass is 35.5. The summed E-state index contributed by atoms with van der Waals surface area (Å²) in [5.74, 6) is -0.331. The Labute approximate surface area is 132 Å². The summed E-state index contributed by atoms with van der Waals surface area (Å²) in [6.07, 6.45) is -2.01. The Balaban J connectivity index is 2.03. The summed E-state index contributed by atoms with van der Waals surface area (Å²) in [4.78, 5) is 11.7. The third-order valence-electron chi connectivity index (χ3n) is 2.45. The number of alkyl halides is 4. The highest BCUT2D eigenvalue weighted by molar-refractivity contribution is 7.15. The zero-order valence-corrected chi connectivity index (χ0v) is 12.5. The van der Waals surface area contributed by atoms with E-state index >= 15 is 0 Å². The molecule has 0 fully saturated rings. The van der Waals surface area contributed by atoms with Gasteiger partial charge in [0.15, 0.2) is 0 Å². The van der Waals surface area contributed by atoms with Crippen molar-refractivity contribution in [2.45, 2.75) is 12.1 Å². The molecule has 0 bridgehead atoms. The first-order valence-corrected chi connectivity index (χ1v) is 7.28. The Kier molecular flexibility index (Phi) is 5.15. The molecule has 116 valence electrons. The maximum atomic E-state index is 12.6. The molecule has 2 rings (SSSR count). The SMILES string of the molecule is O=C(/C=C/c1cccc(C(F)(F)F)c1)Nc1nnc(CCl)s1. The summed E-state index contributed by atoms with van der Waals surface area (Å²) in [6, 6.07) is 4.67. The zero-order chi connectivity index (χ0) is 16.2. The van der Waals surface area contributed by atoms with Crippen LogP contribution < -0.4 is 5.32 Å². The van der Waals surface area contributed by atoms with Crippen LogP contribution in [0.15, 0.2) is 30.3 Å². The second-order valence-electron chi connectivity index (χ2n) is 4.08. The molecule has 0 unspecified atom stereocenters. The second kappa shape index (κ2) is 6.89. The minimum atomic E-state index is -4.42. The van der Waals surface area contributed by atoms with Crippen molar-refractivity contribution in [1.29, 1.82) is 0 Å². The van der Waals surface area contributed by atoms with E-state index in [0.29, 0.717) is 5.01 Å². The third kappa shape index (κ3) is 4.54. The van der Waals surface area contributed by atoms with Crippen molar-refractivity contribution in [1.82, 2.24) is 10.2 Å². The van der Waals surface area contributed by atoms with Gasteiger partial charge in [0.2, 0.25) is 11.0 Å². The fraction of sp³-hybridized carbons (Fsp3) is 0.154. The molecular formula is C13H9ClF3N3OS. The molecule has 1 N–H and O–H groups in total. The Morgan fingerprint density at radius 3 is 2.77 bits per heavy atom. The highest BCUT2D eigenvalue weighted by Gasteiger charge is 2.30. The van der Waals surface area contributed by atoms with Crippen LogP contribution in [0.5, 0.6) is 0 Å². The van der Waals surface area contributed by atoms with E-state index < -0.39 is 17.6 Å². The summed E-state index contributed by atoms with van der Waals surface area (Å²) in [7, 11) is 0. The quantitative estimate of drug-likeness (QED) is 0.673. The van der Waals surface area contributed by atoms with E-state index in [4.69, 9.17) is 11.6 Å². The molecule has 0 atom stereocenters. The number of nitrogens with one attached hydrogen (secondary N) is 1. The lowest BCUT2D eigenvalue weighted by Crippen LogP contribution is -2.07. The van der Waals surface area contributed by atoms with Crippen molar-refractivity contribution in [3.05, 3.63) is 46.5 Å². The van der Waals surface area contributed by atoms with E-state index in [1.165, 1.54) is 18.2 Å². The molecule has 2 aromatic rings. The first kappa shape index (κ1) is 16.4. The third-order valence-corrected chi connectivity index (χ3v) is 3.70. The topological polar surface area (TPSA) is 54.9 Å². The van der Waals surface area contributed by atoms with Crippen LogP contribution in [0.2, 0.25) is 0 Å². The number of amides is 1. The number of hydrogen-bond donors (Lipinski definition) is 1. The first-order valence-electron chi connectivity index (χ1n) is 5.93. The Morgan fingerprint density at radius 2 is 2.14 bits per heavy atom. The first-order chi connectivity index (χ1) is 10.4. The molecule has 22 heavy (non-hydrogen) atoms. The largest absolute Gasteiger partial charge is 0.416 e. The number of carbonyl (C=O) groups excluding carboxylic acids is 1. The minimum absolute atomic E-state index is 0.188. The number of rotatable bonds is 4. The Morgan fingerprint density at radius 1 is 1.36 bits per heavy atom. The van der Waals surface area contributed by atoms with Gasteiger partial charge in [0.25, 0.3) is 0 Å². The lowest BCUT2D eigenvalue weighted by Gasteiger charge is -2.06. The van der Waals surface area contributed by atoms with Gasteiger partial charge in [0.1, 0.15) is 5.01 Å². The molecule has 0 radical (unpaired) electrons. The number of aromatic nitrogens is 2. The number of benzene rings is 1. The average Bonchev–Trinajstić information content (AvgIpc) is 2.92. The van der Waals surface area contributed by atoms with E-state index in [9.17, 15) is 18.0 Å². The van der Waals surface area contributed by atoms with Crippen LogP contribution in [0.4, 0.5) is 18.3 Å². The molecular weight excluding hydrogens is 339 g/mol. The monoisotopic (exact) mass is 347 g/mol. The van der Waals surface area contributed by atoms with E-state index in [0.717, 1.165) is 29.5 Å². The molecule has 4 nitrogen and oxygen atoms in total. The lowest BCUT2D eigenvalue weighted by molar-refractivity contribution is -0.137. The molecule has 0 aliphatic carbocycles. The molecule has 0 saturated carbocycles. The fourth-order valence-corrected chi connectivity index (χ4v) is 2.31. The van der Waals surface area contributed by atoms with Gasteiger partial charge in [0, 0.05) is 6.08 Å². The van der Waals surface area contributed by atoms with Crippen LogP contribution in [0.25, 0.3) is 6.08 Å². The maximum absolute atomic E-state index is 12.6. The number of hydrogen-bond acceptors (Lipinski definition) is 4. The molecule has 1 heterocycles. The summed E-state index contributed by atoms with van der Waals surface area (Å²) in [5.41, 5.74) is -0.505. The Hall–Kier alpha value is -1.93. The molecule has 1 amide bonds. The normalized spacial score (nSPS) is 11.8. The van der Waals surface area contributed by atoms with Gasteiger partial charge < -0.3 is 0 Å². The van der Waals surface area contributed by atoms with E-state index in [1.807, 2.05) is 0 Å². The van der Waals surface area contributed by atoms with Crippen molar-refractivity contribution in [3.8, 4) is 0 Å². The molecule has 0 spiro atoms. The van der Waals surface area contributed by atoms with Gasteiger partial charge in [-0.2, -0.15) is 13.2 Å². The minimum Gasteiger partial charge on any atom is -0.297 e. The van der Waals surface area contributed by atoms with E-state index in [2.05, 4.69) is 15.5 Å². The van der Waals surface area contributed by atoms with E-state index in [1.54, 1.807) is 0 Å². The predicted octanol–water partition coefficient (Wildman–Crippen LogP) is 3.95. The maximum Gasteiger partial charge on any atom is 0.416 e. The van der Waals surface area contributed by atoms with Crippen molar-refractivity contribution in [3.63, 3.8) is 0 Å². The molecule has 1 aromatic carbocycles. The number of carbonyl (C=O) groups is 1. The van der Waals surface area contributed by atoms with Crippen LogP contribution in [-0.2, 0) is 16.9 Å². The van der Waals surface area contributed by atoms with Gasteiger partial charge in [-0.3, -0.25) is 10.1 Å². The van der Waals surface area contributed by atoms with Gasteiger partial charge in [-0.25, -0.2) is 0 Å². The molecule has 1 aromatic heterocycles. The summed E-state index contributed by atoms with van der Waals surface area (Å²) < 4.78 is 37.7. The van der Waals surface area contributed by atoms with E-state index in [-0.39, 0.29) is 16.6 Å². The van der Waals surface area contributed by atoms with Crippen molar-refractivity contribution >= 4 is 40.1 Å². The smallest absolute Gasteiger partial charge is 0.297 e. The van der Waals surface area contributed by atoms with Gasteiger partial charge in [-0.1, -0.05) is 23.5 Å². The van der Waals surface area contributed by atoms with Gasteiger partial charge in [0.05, 0.1) is 11.4 Å². The molecule has 0 saturated heterocycles.